The summed E-state index contributed by atoms with van der Waals surface area (Å²) in [5.41, 5.74) is 3.06. The third-order valence-corrected chi connectivity index (χ3v) is 4.15. The van der Waals surface area contributed by atoms with E-state index in [1.54, 1.807) is 0 Å². The summed E-state index contributed by atoms with van der Waals surface area (Å²) < 4.78 is 8.34. The second-order valence-electron chi connectivity index (χ2n) is 6.03. The molecule has 0 bridgehead atoms. The predicted octanol–water partition coefficient (Wildman–Crippen LogP) is 3.19. The van der Waals surface area contributed by atoms with Crippen molar-refractivity contribution >= 4 is 15.9 Å². The van der Waals surface area contributed by atoms with Crippen LogP contribution >= 0.6 is 15.9 Å². The summed E-state index contributed by atoms with van der Waals surface area (Å²) in [4.78, 5) is 0. The normalized spacial score (nSPS) is 12.1. The van der Waals surface area contributed by atoms with Crippen molar-refractivity contribution in [3.05, 3.63) is 33.4 Å². The second-order valence-corrected chi connectivity index (χ2v) is 6.82. The van der Waals surface area contributed by atoms with Crippen LogP contribution in [0.3, 0.4) is 0 Å². The minimum absolute atomic E-state index is 0.0691. The van der Waals surface area contributed by atoms with Crippen molar-refractivity contribution in [3.8, 4) is 0 Å². The van der Waals surface area contributed by atoms with Gasteiger partial charge in [-0.1, -0.05) is 5.16 Å². The lowest BCUT2D eigenvalue weighted by atomic mass is 10.1. The van der Waals surface area contributed by atoms with Crippen LogP contribution in [-0.4, -0.2) is 20.5 Å². The maximum Gasteiger partial charge on any atom is 0.158 e. The van der Waals surface area contributed by atoms with Crippen LogP contribution in [0.4, 0.5) is 0 Å². The SMILES string of the molecule is Cc1nn(Cc2cc(CNC(C)(C)C)no2)c(C)c1Br. The van der Waals surface area contributed by atoms with Crippen molar-refractivity contribution in [2.24, 2.45) is 0 Å². The number of hydrogen-bond donors (Lipinski definition) is 1. The van der Waals surface area contributed by atoms with Gasteiger partial charge in [-0.3, -0.25) is 4.68 Å². The first kappa shape index (κ1) is 15.3. The summed E-state index contributed by atoms with van der Waals surface area (Å²) in [6.45, 7) is 11.7. The smallest absolute Gasteiger partial charge is 0.158 e. The zero-order chi connectivity index (χ0) is 14.9. The van der Waals surface area contributed by atoms with Crippen molar-refractivity contribution < 1.29 is 4.52 Å². The lowest BCUT2D eigenvalue weighted by Gasteiger charge is -2.19. The minimum atomic E-state index is 0.0691. The maximum atomic E-state index is 5.37. The number of aromatic nitrogens is 3. The van der Waals surface area contributed by atoms with E-state index in [4.69, 9.17) is 4.52 Å². The van der Waals surface area contributed by atoms with E-state index in [0.29, 0.717) is 13.1 Å². The molecule has 0 aromatic carbocycles. The number of aryl methyl sites for hydroxylation is 1. The molecule has 0 unspecified atom stereocenters. The first-order valence-corrected chi connectivity index (χ1v) is 7.44. The van der Waals surface area contributed by atoms with Crippen LogP contribution in [0.25, 0.3) is 0 Å². The average molecular weight is 341 g/mol. The van der Waals surface area contributed by atoms with Gasteiger partial charge in [0.2, 0.25) is 0 Å². The highest BCUT2D eigenvalue weighted by molar-refractivity contribution is 9.10. The molecule has 0 aliphatic carbocycles. The van der Waals surface area contributed by atoms with Crippen molar-refractivity contribution in [2.75, 3.05) is 0 Å². The van der Waals surface area contributed by atoms with E-state index >= 15 is 0 Å². The van der Waals surface area contributed by atoms with Crippen LogP contribution in [0.1, 0.15) is 43.6 Å². The van der Waals surface area contributed by atoms with Gasteiger partial charge in [-0.2, -0.15) is 5.10 Å². The Labute approximate surface area is 127 Å². The molecule has 0 saturated heterocycles. The molecule has 0 fully saturated rings. The summed E-state index contributed by atoms with van der Waals surface area (Å²) in [6.07, 6.45) is 0. The molecule has 2 rings (SSSR count). The summed E-state index contributed by atoms with van der Waals surface area (Å²) in [7, 11) is 0. The van der Waals surface area contributed by atoms with E-state index in [9.17, 15) is 0 Å². The lowest BCUT2D eigenvalue weighted by molar-refractivity contribution is 0.356. The molecule has 5 nitrogen and oxygen atoms in total. The van der Waals surface area contributed by atoms with Crippen molar-refractivity contribution in [1.82, 2.24) is 20.3 Å². The topological polar surface area (TPSA) is 55.9 Å². The molecular formula is C14H21BrN4O. The highest BCUT2D eigenvalue weighted by atomic mass is 79.9. The molecule has 0 radical (unpaired) electrons. The molecule has 0 amide bonds. The Morgan fingerprint density at radius 3 is 2.60 bits per heavy atom. The maximum absolute atomic E-state index is 5.37. The quantitative estimate of drug-likeness (QED) is 0.928. The third-order valence-electron chi connectivity index (χ3n) is 3.01. The Morgan fingerprint density at radius 1 is 1.35 bits per heavy atom. The lowest BCUT2D eigenvalue weighted by Crippen LogP contribution is -2.35. The number of hydrogen-bond acceptors (Lipinski definition) is 4. The van der Waals surface area contributed by atoms with Gasteiger partial charge < -0.3 is 9.84 Å². The van der Waals surface area contributed by atoms with E-state index in [-0.39, 0.29) is 5.54 Å². The largest absolute Gasteiger partial charge is 0.359 e. The van der Waals surface area contributed by atoms with Crippen LogP contribution in [0.5, 0.6) is 0 Å². The Kier molecular flexibility index (Phi) is 4.34. The van der Waals surface area contributed by atoms with Gasteiger partial charge in [-0.05, 0) is 50.5 Å². The van der Waals surface area contributed by atoms with Gasteiger partial charge in [0.25, 0.3) is 0 Å². The molecule has 0 spiro atoms. The molecule has 2 heterocycles. The van der Waals surface area contributed by atoms with Crippen LogP contribution in [-0.2, 0) is 13.1 Å². The standard InChI is InChI=1S/C14H21BrN4O/c1-9-13(15)10(2)19(17-9)8-12-6-11(18-20-12)7-16-14(3,4)5/h6,16H,7-8H2,1-5H3. The van der Waals surface area contributed by atoms with E-state index in [2.05, 4.69) is 52.3 Å². The molecule has 6 heteroatoms. The molecule has 20 heavy (non-hydrogen) atoms. The fraction of sp³-hybridized carbons (Fsp3) is 0.571. The molecule has 0 aliphatic heterocycles. The Morgan fingerprint density at radius 2 is 2.05 bits per heavy atom. The summed E-state index contributed by atoms with van der Waals surface area (Å²) >= 11 is 3.53. The van der Waals surface area contributed by atoms with Gasteiger partial charge >= 0.3 is 0 Å². The summed E-state index contributed by atoms with van der Waals surface area (Å²) in [5.74, 6) is 0.814. The molecular weight excluding hydrogens is 320 g/mol. The number of nitrogens with zero attached hydrogens (tertiary/aromatic N) is 3. The second kappa shape index (κ2) is 5.69. The van der Waals surface area contributed by atoms with Crippen LogP contribution in [0.15, 0.2) is 15.1 Å². The molecule has 2 aromatic rings. The van der Waals surface area contributed by atoms with Crippen LogP contribution < -0.4 is 5.32 Å². The third kappa shape index (κ3) is 3.70. The molecule has 0 saturated carbocycles. The number of nitrogens with one attached hydrogen (secondary N) is 1. The van der Waals surface area contributed by atoms with Gasteiger partial charge in [-0.15, -0.1) is 0 Å². The number of halogens is 1. The molecule has 0 atom stereocenters. The average Bonchev–Trinajstić information content (AvgIpc) is 2.88. The fourth-order valence-corrected chi connectivity index (χ4v) is 2.13. The Bertz CT molecular complexity index is 595. The monoisotopic (exact) mass is 340 g/mol. The zero-order valence-corrected chi connectivity index (χ0v) is 14.2. The van der Waals surface area contributed by atoms with Crippen molar-refractivity contribution in [2.45, 2.75) is 53.2 Å². The molecule has 0 aliphatic rings. The highest BCUT2D eigenvalue weighted by Gasteiger charge is 2.13. The molecule has 2 aromatic heterocycles. The van der Waals surface area contributed by atoms with Crippen LogP contribution in [0.2, 0.25) is 0 Å². The van der Waals surface area contributed by atoms with E-state index in [0.717, 1.165) is 27.3 Å². The van der Waals surface area contributed by atoms with Crippen molar-refractivity contribution in [1.29, 1.82) is 0 Å². The zero-order valence-electron chi connectivity index (χ0n) is 12.6. The van der Waals surface area contributed by atoms with Gasteiger partial charge in [0.05, 0.1) is 21.6 Å². The minimum Gasteiger partial charge on any atom is -0.359 e. The molecule has 110 valence electrons. The van der Waals surface area contributed by atoms with Gasteiger partial charge in [-0.25, -0.2) is 0 Å². The van der Waals surface area contributed by atoms with Crippen molar-refractivity contribution in [3.63, 3.8) is 0 Å². The Balaban J connectivity index is 2.04. The summed E-state index contributed by atoms with van der Waals surface area (Å²) in [5, 5.41) is 11.9. The van der Waals surface area contributed by atoms with Gasteiger partial charge in [0, 0.05) is 18.2 Å². The highest BCUT2D eigenvalue weighted by Crippen LogP contribution is 2.20. The first-order valence-electron chi connectivity index (χ1n) is 6.65. The first-order chi connectivity index (χ1) is 9.26. The van der Waals surface area contributed by atoms with Gasteiger partial charge in [0.1, 0.15) is 6.54 Å². The summed E-state index contributed by atoms with van der Waals surface area (Å²) in [6, 6.07) is 1.98. The predicted molar refractivity (Wildman–Crippen MR) is 81.6 cm³/mol. The van der Waals surface area contributed by atoms with E-state index in [1.165, 1.54) is 0 Å². The molecule has 1 N–H and O–H groups in total. The Hall–Kier alpha value is -1.14. The number of rotatable bonds is 4. The van der Waals surface area contributed by atoms with E-state index in [1.807, 2.05) is 24.6 Å². The van der Waals surface area contributed by atoms with Crippen LogP contribution in [0, 0.1) is 13.8 Å². The van der Waals surface area contributed by atoms with Gasteiger partial charge in [0.15, 0.2) is 5.76 Å². The fourth-order valence-electron chi connectivity index (χ4n) is 1.85. The van der Waals surface area contributed by atoms with E-state index < -0.39 is 0 Å².